The quantitative estimate of drug-likeness (QED) is 0.688. The zero-order chi connectivity index (χ0) is 12.8. The van der Waals surface area contributed by atoms with Crippen molar-refractivity contribution in [3.8, 4) is 0 Å². The Hall–Kier alpha value is -0.650. The molecule has 2 N–H and O–H groups in total. The van der Waals surface area contributed by atoms with Crippen molar-refractivity contribution < 1.29 is 14.3 Å². The Kier molecular flexibility index (Phi) is 4.97. The number of rotatable bonds is 7. The molecule has 5 heteroatoms. The maximum Gasteiger partial charge on any atom is 0.221 e. The van der Waals surface area contributed by atoms with Crippen molar-refractivity contribution >= 4 is 5.91 Å². The highest BCUT2D eigenvalue weighted by atomic mass is 16.5. The smallest absolute Gasteiger partial charge is 0.221 e. The number of ether oxygens (including phenoxy) is 2. The summed E-state index contributed by atoms with van der Waals surface area (Å²) in [6.45, 7) is 3.81. The molecule has 104 valence electrons. The summed E-state index contributed by atoms with van der Waals surface area (Å²) < 4.78 is 10.4. The van der Waals surface area contributed by atoms with Crippen molar-refractivity contribution in [3.63, 3.8) is 0 Å². The van der Waals surface area contributed by atoms with Gasteiger partial charge in [-0.05, 0) is 24.7 Å². The number of carbonyl (C=O) groups excluding carboxylic acids is 1. The molecule has 1 aliphatic carbocycles. The van der Waals surface area contributed by atoms with Crippen LogP contribution in [0.4, 0.5) is 0 Å². The summed E-state index contributed by atoms with van der Waals surface area (Å²) in [6.07, 6.45) is 3.98. The molecule has 0 aromatic rings. The molecule has 1 saturated heterocycles. The van der Waals surface area contributed by atoms with Crippen molar-refractivity contribution in [2.45, 2.75) is 31.7 Å². The Morgan fingerprint density at radius 1 is 1.56 bits per heavy atom. The first-order chi connectivity index (χ1) is 8.74. The zero-order valence-corrected chi connectivity index (χ0v) is 11.2. The minimum absolute atomic E-state index is 0.127. The molecule has 2 aliphatic rings. The molecule has 0 aromatic heterocycles. The molecule has 18 heavy (non-hydrogen) atoms. The fourth-order valence-corrected chi connectivity index (χ4v) is 2.34. The molecule has 1 amide bonds. The molecule has 0 aromatic carbocycles. The minimum Gasteiger partial charge on any atom is -0.385 e. The fourth-order valence-electron chi connectivity index (χ4n) is 2.34. The molecule has 1 atom stereocenters. The zero-order valence-electron chi connectivity index (χ0n) is 11.2. The third-order valence-corrected chi connectivity index (χ3v) is 3.88. The van der Waals surface area contributed by atoms with Crippen LogP contribution in [0.1, 0.15) is 25.7 Å². The maximum absolute atomic E-state index is 11.8. The van der Waals surface area contributed by atoms with Crippen LogP contribution < -0.4 is 10.6 Å². The molecule has 1 saturated carbocycles. The van der Waals surface area contributed by atoms with E-state index in [0.29, 0.717) is 18.4 Å². The number of nitrogens with one attached hydrogen (secondary N) is 2. The highest BCUT2D eigenvalue weighted by molar-refractivity contribution is 5.76. The standard InChI is InChI=1S/C13H24N2O3/c1-17-6-4-13(2-3-13)10-15-12(16)8-11-9-18-7-5-14-11/h11,14H,2-10H2,1H3,(H,15,16). The topological polar surface area (TPSA) is 59.6 Å². The average Bonchev–Trinajstić information content (AvgIpc) is 3.16. The largest absolute Gasteiger partial charge is 0.385 e. The van der Waals surface area contributed by atoms with Gasteiger partial charge in [-0.1, -0.05) is 0 Å². The van der Waals surface area contributed by atoms with Gasteiger partial charge in [0, 0.05) is 39.3 Å². The lowest BCUT2D eigenvalue weighted by Crippen LogP contribution is -2.44. The summed E-state index contributed by atoms with van der Waals surface area (Å²) in [5.41, 5.74) is 0.322. The van der Waals surface area contributed by atoms with Crippen LogP contribution >= 0.6 is 0 Å². The van der Waals surface area contributed by atoms with Crippen LogP contribution in [0.3, 0.4) is 0 Å². The van der Waals surface area contributed by atoms with E-state index < -0.39 is 0 Å². The van der Waals surface area contributed by atoms with Crippen molar-refractivity contribution in [1.82, 2.24) is 10.6 Å². The molecule has 0 radical (unpaired) electrons. The predicted molar refractivity (Wildman–Crippen MR) is 68.4 cm³/mol. The lowest BCUT2D eigenvalue weighted by molar-refractivity contribution is -0.122. The predicted octanol–water partition coefficient (Wildman–Crippen LogP) is 0.298. The summed E-state index contributed by atoms with van der Waals surface area (Å²) in [5, 5.41) is 6.34. The van der Waals surface area contributed by atoms with Crippen molar-refractivity contribution in [2.24, 2.45) is 5.41 Å². The van der Waals surface area contributed by atoms with E-state index in [9.17, 15) is 4.79 Å². The maximum atomic E-state index is 11.8. The SMILES string of the molecule is COCCC1(CNC(=O)CC2COCCN2)CC1. The number of morpholine rings is 1. The lowest BCUT2D eigenvalue weighted by Gasteiger charge is -2.23. The molecule has 5 nitrogen and oxygen atoms in total. The first-order valence-electron chi connectivity index (χ1n) is 6.81. The van der Waals surface area contributed by atoms with Crippen LogP contribution in [-0.2, 0) is 14.3 Å². The third-order valence-electron chi connectivity index (χ3n) is 3.88. The van der Waals surface area contributed by atoms with Crippen LogP contribution in [0.5, 0.6) is 0 Å². The highest BCUT2D eigenvalue weighted by Gasteiger charge is 2.42. The van der Waals surface area contributed by atoms with Crippen LogP contribution in [0.15, 0.2) is 0 Å². The van der Waals surface area contributed by atoms with Crippen LogP contribution in [0.25, 0.3) is 0 Å². The van der Waals surface area contributed by atoms with E-state index >= 15 is 0 Å². The van der Waals surface area contributed by atoms with Gasteiger partial charge in [0.15, 0.2) is 0 Å². The number of carbonyl (C=O) groups is 1. The molecular formula is C13H24N2O3. The van der Waals surface area contributed by atoms with Crippen molar-refractivity contribution in [2.75, 3.05) is 40.0 Å². The Balaban J connectivity index is 1.62. The molecule has 0 bridgehead atoms. The van der Waals surface area contributed by atoms with Crippen molar-refractivity contribution in [1.29, 1.82) is 0 Å². The molecule has 1 aliphatic heterocycles. The fraction of sp³-hybridized carbons (Fsp3) is 0.923. The van der Waals surface area contributed by atoms with Gasteiger partial charge in [-0.3, -0.25) is 4.79 Å². The van der Waals surface area contributed by atoms with E-state index in [1.54, 1.807) is 7.11 Å². The van der Waals surface area contributed by atoms with E-state index in [2.05, 4.69) is 10.6 Å². The minimum atomic E-state index is 0.127. The summed E-state index contributed by atoms with van der Waals surface area (Å²) in [7, 11) is 1.73. The van der Waals surface area contributed by atoms with Gasteiger partial charge in [0.1, 0.15) is 0 Å². The second-order valence-electron chi connectivity index (χ2n) is 5.45. The van der Waals surface area contributed by atoms with Crippen LogP contribution in [0, 0.1) is 5.41 Å². The Labute approximate surface area is 109 Å². The van der Waals surface area contributed by atoms with Gasteiger partial charge in [-0.2, -0.15) is 0 Å². The van der Waals surface area contributed by atoms with E-state index in [4.69, 9.17) is 9.47 Å². The van der Waals surface area contributed by atoms with Crippen LogP contribution in [0.2, 0.25) is 0 Å². The normalized spacial score (nSPS) is 25.7. The highest BCUT2D eigenvalue weighted by Crippen LogP contribution is 2.48. The molecule has 1 heterocycles. The van der Waals surface area contributed by atoms with E-state index in [1.165, 1.54) is 12.8 Å². The monoisotopic (exact) mass is 256 g/mol. The van der Waals surface area contributed by atoms with Gasteiger partial charge >= 0.3 is 0 Å². The lowest BCUT2D eigenvalue weighted by atomic mass is 10.0. The second kappa shape index (κ2) is 6.50. The number of amides is 1. The molecule has 0 spiro atoms. The first kappa shape index (κ1) is 13.8. The summed E-state index contributed by atoms with van der Waals surface area (Å²) in [5.74, 6) is 0.127. The van der Waals surface area contributed by atoms with Gasteiger partial charge in [0.05, 0.1) is 13.2 Å². The molecule has 2 fully saturated rings. The van der Waals surface area contributed by atoms with Gasteiger partial charge in [0.2, 0.25) is 5.91 Å². The third kappa shape index (κ3) is 4.23. The Bertz CT molecular complexity index is 273. The molecular weight excluding hydrogens is 232 g/mol. The second-order valence-corrected chi connectivity index (χ2v) is 5.45. The van der Waals surface area contributed by atoms with Crippen molar-refractivity contribution in [3.05, 3.63) is 0 Å². The Morgan fingerprint density at radius 3 is 3.00 bits per heavy atom. The van der Waals surface area contributed by atoms with Crippen LogP contribution in [-0.4, -0.2) is 52.0 Å². The summed E-state index contributed by atoms with van der Waals surface area (Å²) in [6, 6.07) is 0.174. The van der Waals surface area contributed by atoms with Gasteiger partial charge in [-0.25, -0.2) is 0 Å². The van der Waals surface area contributed by atoms with Gasteiger partial charge < -0.3 is 20.1 Å². The van der Waals surface area contributed by atoms with E-state index in [0.717, 1.165) is 32.7 Å². The van der Waals surface area contributed by atoms with E-state index in [-0.39, 0.29) is 11.9 Å². The number of methoxy groups -OCH3 is 1. The summed E-state index contributed by atoms with van der Waals surface area (Å²) >= 11 is 0. The molecule has 2 rings (SSSR count). The van der Waals surface area contributed by atoms with E-state index in [1.807, 2.05) is 0 Å². The molecule has 1 unspecified atom stereocenters. The van der Waals surface area contributed by atoms with Gasteiger partial charge in [0.25, 0.3) is 0 Å². The average molecular weight is 256 g/mol. The number of hydrogen-bond donors (Lipinski definition) is 2. The number of hydrogen-bond acceptors (Lipinski definition) is 4. The Morgan fingerprint density at radius 2 is 2.39 bits per heavy atom. The van der Waals surface area contributed by atoms with Gasteiger partial charge in [-0.15, -0.1) is 0 Å². The summed E-state index contributed by atoms with van der Waals surface area (Å²) in [4.78, 5) is 11.8. The first-order valence-corrected chi connectivity index (χ1v) is 6.81.